The highest BCUT2D eigenvalue weighted by Gasteiger charge is 2.18. The van der Waals surface area contributed by atoms with Crippen LogP contribution in [-0.4, -0.2) is 14.3 Å². The Hall–Kier alpha value is -2.22. The summed E-state index contributed by atoms with van der Waals surface area (Å²) >= 11 is 0. The number of anilines is 1. The van der Waals surface area contributed by atoms with E-state index in [4.69, 9.17) is 11.0 Å². The second-order valence-corrected chi connectivity index (χ2v) is 4.94. The van der Waals surface area contributed by atoms with Crippen LogP contribution in [0.15, 0.2) is 0 Å². The van der Waals surface area contributed by atoms with Crippen LogP contribution < -0.4 is 5.73 Å². The minimum Gasteiger partial charge on any atom is -0.384 e. The van der Waals surface area contributed by atoms with Crippen LogP contribution in [0.5, 0.6) is 0 Å². The van der Waals surface area contributed by atoms with Gasteiger partial charge in [-0.1, -0.05) is 0 Å². The summed E-state index contributed by atoms with van der Waals surface area (Å²) in [6.07, 6.45) is 0. The van der Waals surface area contributed by atoms with Gasteiger partial charge in [-0.25, -0.2) is 0 Å². The molecule has 0 saturated heterocycles. The number of aryl methyl sites for hydroxylation is 2. The number of aromatic nitrogens is 3. The lowest BCUT2D eigenvalue weighted by Gasteiger charge is -2.09. The quantitative estimate of drug-likeness (QED) is 0.893. The van der Waals surface area contributed by atoms with Crippen molar-refractivity contribution in [2.24, 2.45) is 7.05 Å². The molecule has 2 rings (SSSR count). The van der Waals surface area contributed by atoms with Crippen molar-refractivity contribution in [2.45, 2.75) is 34.2 Å². The van der Waals surface area contributed by atoms with Gasteiger partial charge in [0, 0.05) is 24.0 Å². The van der Waals surface area contributed by atoms with Gasteiger partial charge in [0.1, 0.15) is 11.9 Å². The lowest BCUT2D eigenvalue weighted by Crippen LogP contribution is -2.08. The molecule has 0 fully saturated rings. The summed E-state index contributed by atoms with van der Waals surface area (Å²) in [7, 11) is 1.93. The molecule has 0 aliphatic rings. The molecule has 0 unspecified atom stereocenters. The molecule has 100 valence electrons. The second kappa shape index (κ2) is 4.47. The fourth-order valence-electron chi connectivity index (χ4n) is 2.44. The lowest BCUT2D eigenvalue weighted by atomic mass is 10.2. The molecule has 0 atom stereocenters. The zero-order chi connectivity index (χ0) is 14.3. The molecule has 0 bridgehead atoms. The van der Waals surface area contributed by atoms with E-state index in [1.54, 1.807) is 0 Å². The number of nitrogens with zero attached hydrogens (tertiary/aromatic N) is 4. The molecule has 5 heteroatoms. The van der Waals surface area contributed by atoms with E-state index in [1.807, 2.05) is 44.0 Å². The van der Waals surface area contributed by atoms with Crippen molar-refractivity contribution in [2.75, 3.05) is 5.73 Å². The van der Waals surface area contributed by atoms with E-state index in [1.165, 1.54) is 0 Å². The topological polar surface area (TPSA) is 72.6 Å². The molecule has 0 aromatic carbocycles. The van der Waals surface area contributed by atoms with E-state index in [9.17, 15) is 0 Å². The first-order valence-corrected chi connectivity index (χ1v) is 6.22. The molecular weight excluding hydrogens is 238 g/mol. The van der Waals surface area contributed by atoms with Crippen LogP contribution in [0.3, 0.4) is 0 Å². The van der Waals surface area contributed by atoms with Crippen molar-refractivity contribution in [3.05, 3.63) is 33.8 Å². The van der Waals surface area contributed by atoms with Gasteiger partial charge in [-0.05, 0) is 33.3 Å². The number of rotatable bonds is 2. The maximum atomic E-state index is 9.16. The van der Waals surface area contributed by atoms with Crippen LogP contribution >= 0.6 is 0 Å². The highest BCUT2D eigenvalue weighted by Crippen LogP contribution is 2.25. The van der Waals surface area contributed by atoms with E-state index in [-0.39, 0.29) is 0 Å². The molecular formula is C14H19N5. The zero-order valence-electron chi connectivity index (χ0n) is 12.1. The second-order valence-electron chi connectivity index (χ2n) is 4.94. The Bertz CT molecular complexity index is 682. The highest BCUT2D eigenvalue weighted by atomic mass is 15.3. The van der Waals surface area contributed by atoms with E-state index >= 15 is 0 Å². The van der Waals surface area contributed by atoms with Crippen LogP contribution in [0.2, 0.25) is 0 Å². The Balaban J connectivity index is 2.54. The molecule has 2 N–H and O–H groups in total. The van der Waals surface area contributed by atoms with Crippen molar-refractivity contribution >= 4 is 5.82 Å². The Morgan fingerprint density at radius 3 is 2.26 bits per heavy atom. The van der Waals surface area contributed by atoms with Crippen molar-refractivity contribution in [3.63, 3.8) is 0 Å². The fourth-order valence-corrected chi connectivity index (χ4v) is 2.44. The normalized spacial score (nSPS) is 10.7. The average molecular weight is 257 g/mol. The predicted octanol–water partition coefficient (Wildman–Crippen LogP) is 1.96. The van der Waals surface area contributed by atoms with Crippen LogP contribution in [0, 0.1) is 39.0 Å². The molecule has 2 heterocycles. The van der Waals surface area contributed by atoms with E-state index < -0.39 is 0 Å². The molecule has 2 aromatic rings. The van der Waals surface area contributed by atoms with E-state index in [2.05, 4.69) is 11.2 Å². The summed E-state index contributed by atoms with van der Waals surface area (Å²) in [4.78, 5) is 0. The number of nitrogens with two attached hydrogens (primary N) is 1. The minimum atomic E-state index is 0.542. The smallest absolute Gasteiger partial charge is 0.122 e. The van der Waals surface area contributed by atoms with Crippen molar-refractivity contribution < 1.29 is 0 Å². The first kappa shape index (κ1) is 13.2. The van der Waals surface area contributed by atoms with Gasteiger partial charge in [0.15, 0.2) is 0 Å². The summed E-state index contributed by atoms with van der Waals surface area (Å²) in [6.45, 7) is 8.63. The minimum absolute atomic E-state index is 0.542. The molecule has 0 spiro atoms. The zero-order valence-corrected chi connectivity index (χ0v) is 12.1. The van der Waals surface area contributed by atoms with E-state index in [0.29, 0.717) is 17.9 Å². The van der Waals surface area contributed by atoms with E-state index in [0.717, 1.165) is 28.2 Å². The van der Waals surface area contributed by atoms with Crippen LogP contribution in [0.1, 0.15) is 33.8 Å². The molecule has 0 aliphatic heterocycles. The van der Waals surface area contributed by atoms with Crippen molar-refractivity contribution in [1.29, 1.82) is 5.26 Å². The number of hydrogen-bond donors (Lipinski definition) is 1. The molecule has 2 aromatic heterocycles. The maximum Gasteiger partial charge on any atom is 0.122 e. The number of nitriles is 1. The Morgan fingerprint density at radius 1 is 1.21 bits per heavy atom. The number of nitrogen functional groups attached to an aromatic ring is 1. The molecule has 0 aliphatic carbocycles. The Labute approximate surface area is 113 Å². The highest BCUT2D eigenvalue weighted by molar-refractivity contribution is 5.58. The summed E-state index contributed by atoms with van der Waals surface area (Å²) in [5, 5.41) is 13.6. The maximum absolute atomic E-state index is 9.16. The van der Waals surface area contributed by atoms with Gasteiger partial charge in [0.2, 0.25) is 0 Å². The van der Waals surface area contributed by atoms with Gasteiger partial charge in [0.25, 0.3) is 0 Å². The van der Waals surface area contributed by atoms with Gasteiger partial charge in [0.05, 0.1) is 17.8 Å². The first-order chi connectivity index (χ1) is 8.88. The van der Waals surface area contributed by atoms with Gasteiger partial charge >= 0.3 is 0 Å². The summed E-state index contributed by atoms with van der Waals surface area (Å²) < 4.78 is 3.86. The summed E-state index contributed by atoms with van der Waals surface area (Å²) in [5.41, 5.74) is 12.0. The Morgan fingerprint density at radius 2 is 1.84 bits per heavy atom. The third kappa shape index (κ3) is 1.89. The van der Waals surface area contributed by atoms with Crippen LogP contribution in [0.25, 0.3) is 0 Å². The molecule has 0 saturated carbocycles. The SMILES string of the molecule is Cc1nn(C)c(C)c1Cn1c(C)c(C)c(C#N)c1N. The third-order valence-electron chi connectivity index (χ3n) is 3.96. The lowest BCUT2D eigenvalue weighted by molar-refractivity contribution is 0.726. The fraction of sp³-hybridized carbons (Fsp3) is 0.429. The van der Waals surface area contributed by atoms with Gasteiger partial charge < -0.3 is 10.3 Å². The average Bonchev–Trinajstić information content (AvgIpc) is 2.71. The van der Waals surface area contributed by atoms with Crippen molar-refractivity contribution in [3.8, 4) is 6.07 Å². The third-order valence-corrected chi connectivity index (χ3v) is 3.96. The summed E-state index contributed by atoms with van der Waals surface area (Å²) in [5.74, 6) is 0.542. The van der Waals surface area contributed by atoms with Crippen molar-refractivity contribution in [1.82, 2.24) is 14.3 Å². The number of hydrogen-bond acceptors (Lipinski definition) is 3. The molecule has 19 heavy (non-hydrogen) atoms. The molecule has 0 amide bonds. The molecule has 5 nitrogen and oxygen atoms in total. The Kier molecular flexibility index (Phi) is 3.11. The standard InChI is InChI=1S/C14H19N5/c1-8-10(3)19(14(16)12(8)6-15)7-13-9(2)17-18(5)11(13)4/h7,16H2,1-5H3. The van der Waals surface area contributed by atoms with Crippen LogP contribution in [0.4, 0.5) is 5.82 Å². The first-order valence-electron chi connectivity index (χ1n) is 6.22. The van der Waals surface area contributed by atoms with Gasteiger partial charge in [-0.3, -0.25) is 4.68 Å². The summed E-state index contributed by atoms with van der Waals surface area (Å²) in [6, 6.07) is 2.18. The largest absolute Gasteiger partial charge is 0.384 e. The monoisotopic (exact) mass is 257 g/mol. The molecule has 0 radical (unpaired) electrons. The van der Waals surface area contributed by atoms with Gasteiger partial charge in [-0.15, -0.1) is 0 Å². The predicted molar refractivity (Wildman–Crippen MR) is 74.8 cm³/mol. The van der Waals surface area contributed by atoms with Crippen LogP contribution in [-0.2, 0) is 13.6 Å². The van der Waals surface area contributed by atoms with Gasteiger partial charge in [-0.2, -0.15) is 10.4 Å².